The maximum absolute atomic E-state index is 5.87. The van der Waals surface area contributed by atoms with Crippen LogP contribution in [0.1, 0.15) is 5.69 Å². The van der Waals surface area contributed by atoms with Gasteiger partial charge < -0.3 is 5.73 Å². The topological polar surface area (TPSA) is 38.9 Å². The van der Waals surface area contributed by atoms with Gasteiger partial charge in [-0.15, -0.1) is 11.6 Å². The summed E-state index contributed by atoms with van der Waals surface area (Å²) in [4.78, 5) is 4.40. The first-order valence-corrected chi connectivity index (χ1v) is 5.21. The number of hydrogen-bond acceptors (Lipinski definition) is 2. The Kier molecular flexibility index (Phi) is 2.88. The van der Waals surface area contributed by atoms with Crippen molar-refractivity contribution in [2.75, 3.05) is 5.73 Å². The van der Waals surface area contributed by atoms with Gasteiger partial charge in [-0.3, -0.25) is 0 Å². The fourth-order valence-corrected chi connectivity index (χ4v) is 1.56. The molecule has 0 atom stereocenters. The van der Waals surface area contributed by atoms with Gasteiger partial charge in [0.2, 0.25) is 0 Å². The summed E-state index contributed by atoms with van der Waals surface area (Å²) in [6.45, 7) is 0. The molecule has 0 aliphatic heterocycles. The molecule has 3 heteroatoms. The van der Waals surface area contributed by atoms with Crippen molar-refractivity contribution >= 4 is 17.3 Å². The molecule has 1 aromatic heterocycles. The van der Waals surface area contributed by atoms with E-state index in [-0.39, 0.29) is 0 Å². The zero-order valence-electron chi connectivity index (χ0n) is 8.15. The van der Waals surface area contributed by atoms with E-state index < -0.39 is 0 Å². The number of hydrogen-bond donors (Lipinski definition) is 1. The van der Waals surface area contributed by atoms with Crippen LogP contribution in [0, 0.1) is 0 Å². The van der Waals surface area contributed by atoms with E-state index in [9.17, 15) is 0 Å². The van der Waals surface area contributed by atoms with E-state index in [0.29, 0.717) is 11.6 Å². The second-order valence-electron chi connectivity index (χ2n) is 3.24. The first-order chi connectivity index (χ1) is 7.31. The van der Waals surface area contributed by atoms with Crippen LogP contribution in [0.25, 0.3) is 11.3 Å². The highest BCUT2D eigenvalue weighted by molar-refractivity contribution is 6.16. The molecule has 0 aliphatic rings. The van der Waals surface area contributed by atoms with Crippen LogP contribution in [0.4, 0.5) is 5.69 Å². The number of benzene rings is 1. The average Bonchev–Trinajstić information content (AvgIpc) is 2.31. The summed E-state index contributed by atoms with van der Waals surface area (Å²) in [5.74, 6) is 0.403. The van der Waals surface area contributed by atoms with Crippen molar-refractivity contribution < 1.29 is 0 Å². The molecular weight excluding hydrogens is 208 g/mol. The Labute approximate surface area is 93.7 Å². The summed E-state index contributed by atoms with van der Waals surface area (Å²) in [6.07, 6.45) is 0. The summed E-state index contributed by atoms with van der Waals surface area (Å²) >= 11 is 5.74. The van der Waals surface area contributed by atoms with E-state index in [4.69, 9.17) is 17.3 Å². The molecule has 2 aromatic rings. The van der Waals surface area contributed by atoms with Crippen molar-refractivity contribution in [1.82, 2.24) is 4.98 Å². The number of rotatable bonds is 2. The van der Waals surface area contributed by atoms with Gasteiger partial charge in [-0.2, -0.15) is 0 Å². The highest BCUT2D eigenvalue weighted by atomic mass is 35.5. The second-order valence-corrected chi connectivity index (χ2v) is 3.51. The van der Waals surface area contributed by atoms with E-state index >= 15 is 0 Å². The number of nitrogens with zero attached hydrogens (tertiary/aromatic N) is 1. The van der Waals surface area contributed by atoms with E-state index in [0.717, 1.165) is 17.0 Å². The second kappa shape index (κ2) is 4.32. The Morgan fingerprint density at radius 1 is 1.07 bits per heavy atom. The standard InChI is InChI=1S/C12H11ClN2/c13-8-10-6-7-11(14)12(15-10)9-4-2-1-3-5-9/h1-7H,8,14H2. The minimum atomic E-state index is 0.403. The first-order valence-electron chi connectivity index (χ1n) is 4.68. The van der Waals surface area contributed by atoms with Gasteiger partial charge >= 0.3 is 0 Å². The van der Waals surface area contributed by atoms with Crippen molar-refractivity contribution in [3.8, 4) is 11.3 Å². The fourth-order valence-electron chi connectivity index (χ4n) is 1.41. The molecule has 2 N–H and O–H groups in total. The predicted octanol–water partition coefficient (Wildman–Crippen LogP) is 3.07. The fraction of sp³-hybridized carbons (Fsp3) is 0.0833. The number of nitrogen functional groups attached to an aromatic ring is 1. The number of anilines is 1. The van der Waals surface area contributed by atoms with Crippen molar-refractivity contribution in [1.29, 1.82) is 0 Å². The molecular formula is C12H11ClN2. The quantitative estimate of drug-likeness (QED) is 0.787. The third-order valence-corrected chi connectivity index (χ3v) is 2.44. The molecule has 0 unspecified atom stereocenters. The predicted molar refractivity (Wildman–Crippen MR) is 63.6 cm³/mol. The van der Waals surface area contributed by atoms with Gasteiger partial charge in [0, 0.05) is 5.56 Å². The zero-order chi connectivity index (χ0) is 10.7. The molecule has 2 nitrogen and oxygen atoms in total. The molecule has 0 fully saturated rings. The van der Waals surface area contributed by atoms with Gasteiger partial charge in [0.25, 0.3) is 0 Å². The average molecular weight is 219 g/mol. The third-order valence-electron chi connectivity index (χ3n) is 2.17. The molecule has 0 spiro atoms. The van der Waals surface area contributed by atoms with Crippen molar-refractivity contribution in [2.45, 2.75) is 5.88 Å². The normalized spacial score (nSPS) is 10.2. The lowest BCUT2D eigenvalue weighted by Crippen LogP contribution is -1.96. The van der Waals surface area contributed by atoms with E-state index in [1.165, 1.54) is 0 Å². The first kappa shape index (κ1) is 9.99. The molecule has 0 aliphatic carbocycles. The lowest BCUT2D eigenvalue weighted by Gasteiger charge is -2.06. The van der Waals surface area contributed by atoms with Crippen LogP contribution in [0.5, 0.6) is 0 Å². The van der Waals surface area contributed by atoms with Crippen molar-refractivity contribution in [3.63, 3.8) is 0 Å². The molecule has 0 saturated heterocycles. The van der Waals surface area contributed by atoms with Gasteiger partial charge in [-0.05, 0) is 12.1 Å². The molecule has 0 amide bonds. The minimum Gasteiger partial charge on any atom is -0.397 e. The van der Waals surface area contributed by atoms with Crippen LogP contribution in [0.3, 0.4) is 0 Å². The van der Waals surface area contributed by atoms with E-state index in [1.807, 2.05) is 42.5 Å². The van der Waals surface area contributed by atoms with Crippen LogP contribution in [-0.2, 0) is 5.88 Å². The Hall–Kier alpha value is -1.54. The summed E-state index contributed by atoms with van der Waals surface area (Å²) in [5.41, 5.74) is 9.20. The van der Waals surface area contributed by atoms with Gasteiger partial charge in [0.1, 0.15) is 0 Å². The lowest BCUT2D eigenvalue weighted by molar-refractivity contribution is 1.18. The highest BCUT2D eigenvalue weighted by Crippen LogP contribution is 2.23. The number of halogens is 1. The number of nitrogens with two attached hydrogens (primary N) is 1. The van der Waals surface area contributed by atoms with E-state index in [1.54, 1.807) is 0 Å². The van der Waals surface area contributed by atoms with Crippen LogP contribution in [0.2, 0.25) is 0 Å². The summed E-state index contributed by atoms with van der Waals surface area (Å²) < 4.78 is 0. The molecule has 1 heterocycles. The van der Waals surface area contributed by atoms with Gasteiger partial charge in [-0.1, -0.05) is 30.3 Å². The molecule has 1 aromatic carbocycles. The van der Waals surface area contributed by atoms with Crippen molar-refractivity contribution in [3.05, 3.63) is 48.2 Å². The van der Waals surface area contributed by atoms with Gasteiger partial charge in [0.15, 0.2) is 0 Å². The number of alkyl halides is 1. The molecule has 0 saturated carbocycles. The Balaban J connectivity index is 2.52. The van der Waals surface area contributed by atoms with Crippen LogP contribution < -0.4 is 5.73 Å². The van der Waals surface area contributed by atoms with Crippen molar-refractivity contribution in [2.24, 2.45) is 0 Å². The van der Waals surface area contributed by atoms with Crippen LogP contribution >= 0.6 is 11.6 Å². The Bertz CT molecular complexity index is 454. The largest absolute Gasteiger partial charge is 0.397 e. The molecule has 15 heavy (non-hydrogen) atoms. The number of aromatic nitrogens is 1. The summed E-state index contributed by atoms with van der Waals surface area (Å²) in [7, 11) is 0. The van der Waals surface area contributed by atoms with Crippen LogP contribution in [0.15, 0.2) is 42.5 Å². The molecule has 0 radical (unpaired) electrons. The van der Waals surface area contributed by atoms with Gasteiger partial charge in [0.05, 0.1) is 23.0 Å². The Morgan fingerprint density at radius 2 is 1.80 bits per heavy atom. The summed E-state index contributed by atoms with van der Waals surface area (Å²) in [5, 5.41) is 0. The molecule has 76 valence electrons. The SMILES string of the molecule is Nc1ccc(CCl)nc1-c1ccccc1. The zero-order valence-corrected chi connectivity index (χ0v) is 8.91. The number of pyridine rings is 1. The Morgan fingerprint density at radius 3 is 2.47 bits per heavy atom. The summed E-state index contributed by atoms with van der Waals surface area (Å²) in [6, 6.07) is 13.5. The minimum absolute atomic E-state index is 0.403. The maximum atomic E-state index is 5.87. The maximum Gasteiger partial charge on any atom is 0.0934 e. The monoisotopic (exact) mass is 218 g/mol. The molecule has 2 rings (SSSR count). The smallest absolute Gasteiger partial charge is 0.0934 e. The van der Waals surface area contributed by atoms with Gasteiger partial charge in [-0.25, -0.2) is 4.98 Å². The lowest BCUT2D eigenvalue weighted by atomic mass is 10.1. The van der Waals surface area contributed by atoms with Crippen LogP contribution in [-0.4, -0.2) is 4.98 Å². The third kappa shape index (κ3) is 2.10. The highest BCUT2D eigenvalue weighted by Gasteiger charge is 2.04. The molecule has 0 bridgehead atoms. The van der Waals surface area contributed by atoms with E-state index in [2.05, 4.69) is 4.98 Å².